The van der Waals surface area contributed by atoms with E-state index in [1.807, 2.05) is 0 Å². The minimum absolute atomic E-state index is 0.377. The van der Waals surface area contributed by atoms with Crippen molar-refractivity contribution in [1.29, 1.82) is 0 Å². The van der Waals surface area contributed by atoms with Crippen LogP contribution in [-0.2, 0) is 9.53 Å². The smallest absolute Gasteiger partial charge is 0.346 e. The Balaban J connectivity index is 1.95. The number of benzene rings is 2. The fourth-order valence-electron chi connectivity index (χ4n) is 2.55. The second kappa shape index (κ2) is 7.31. The van der Waals surface area contributed by atoms with Crippen LogP contribution in [0.4, 0.5) is 0 Å². The van der Waals surface area contributed by atoms with Crippen molar-refractivity contribution in [3.63, 3.8) is 0 Å². The van der Waals surface area contributed by atoms with Gasteiger partial charge in [0.05, 0.1) is 19.8 Å². The van der Waals surface area contributed by atoms with Gasteiger partial charge in [0.15, 0.2) is 6.10 Å². The quantitative estimate of drug-likeness (QED) is 0.516. The van der Waals surface area contributed by atoms with E-state index in [2.05, 4.69) is 4.74 Å². The molecule has 0 spiro atoms. The number of carbonyl (C=O) groups is 1. The Morgan fingerprint density at radius 2 is 1.69 bits per heavy atom. The number of fused-ring (bicyclic) bond motifs is 1. The zero-order chi connectivity index (χ0) is 18.7. The van der Waals surface area contributed by atoms with Crippen LogP contribution >= 0.6 is 0 Å². The van der Waals surface area contributed by atoms with Crippen molar-refractivity contribution in [3.8, 4) is 22.6 Å². The van der Waals surface area contributed by atoms with Crippen LogP contribution in [0.1, 0.15) is 6.92 Å². The summed E-state index contributed by atoms with van der Waals surface area (Å²) in [4.78, 5) is 23.8. The van der Waals surface area contributed by atoms with E-state index >= 15 is 0 Å². The molecule has 0 bridgehead atoms. The Hall–Kier alpha value is -3.28. The normalized spacial score (nSPS) is 11.8. The molecule has 0 N–H and O–H groups in total. The molecule has 1 aromatic heterocycles. The Bertz CT molecular complexity index is 987. The van der Waals surface area contributed by atoms with Gasteiger partial charge in [0.2, 0.25) is 0 Å². The molecule has 134 valence electrons. The number of hydrogen-bond acceptors (Lipinski definition) is 6. The van der Waals surface area contributed by atoms with E-state index in [9.17, 15) is 9.59 Å². The van der Waals surface area contributed by atoms with Crippen LogP contribution in [0.5, 0.6) is 11.5 Å². The second-order valence-corrected chi connectivity index (χ2v) is 5.66. The Morgan fingerprint density at radius 3 is 2.35 bits per heavy atom. The summed E-state index contributed by atoms with van der Waals surface area (Å²) in [5, 5.41) is 0.744. The minimum atomic E-state index is -0.761. The number of carbonyl (C=O) groups excluding carboxylic acids is 1. The van der Waals surface area contributed by atoms with Gasteiger partial charge in [-0.25, -0.2) is 9.59 Å². The van der Waals surface area contributed by atoms with Gasteiger partial charge < -0.3 is 18.6 Å². The third-order valence-corrected chi connectivity index (χ3v) is 3.95. The molecule has 26 heavy (non-hydrogen) atoms. The predicted octanol–water partition coefficient (Wildman–Crippen LogP) is 3.41. The van der Waals surface area contributed by atoms with Crippen LogP contribution in [0.2, 0.25) is 0 Å². The molecule has 0 saturated carbocycles. The summed E-state index contributed by atoms with van der Waals surface area (Å²) < 4.78 is 20.7. The third kappa shape index (κ3) is 3.54. The fourth-order valence-corrected chi connectivity index (χ4v) is 2.55. The molecular formula is C20H18O6. The lowest BCUT2D eigenvalue weighted by molar-refractivity contribution is -0.147. The molecule has 3 aromatic rings. The molecule has 3 rings (SSSR count). The van der Waals surface area contributed by atoms with E-state index in [0.717, 1.165) is 10.9 Å². The molecule has 0 aliphatic rings. The van der Waals surface area contributed by atoms with E-state index in [4.69, 9.17) is 13.9 Å². The van der Waals surface area contributed by atoms with Crippen LogP contribution in [0.25, 0.3) is 22.1 Å². The first kappa shape index (κ1) is 17.5. The van der Waals surface area contributed by atoms with E-state index in [1.165, 1.54) is 7.11 Å². The largest absolute Gasteiger partial charge is 0.497 e. The number of esters is 1. The first-order chi connectivity index (χ1) is 12.5. The number of rotatable bonds is 5. The van der Waals surface area contributed by atoms with Crippen LogP contribution in [0, 0.1) is 0 Å². The lowest BCUT2D eigenvalue weighted by atomic mass is 10.1. The lowest BCUT2D eigenvalue weighted by Gasteiger charge is -2.12. The highest BCUT2D eigenvalue weighted by Gasteiger charge is 2.15. The van der Waals surface area contributed by atoms with Gasteiger partial charge in [0.25, 0.3) is 0 Å². The highest BCUT2D eigenvalue weighted by molar-refractivity contribution is 5.83. The zero-order valence-electron chi connectivity index (χ0n) is 14.6. The standard InChI is InChI=1S/C20H18O6/c1-12(19(21)24-3)25-16-9-6-14-10-17(20(22)26-18(14)11-16)13-4-7-15(23-2)8-5-13/h4-12H,1-3H3/t12-/m1/s1. The third-order valence-electron chi connectivity index (χ3n) is 3.95. The lowest BCUT2D eigenvalue weighted by Crippen LogP contribution is -2.24. The summed E-state index contributed by atoms with van der Waals surface area (Å²) in [6, 6.07) is 14.0. The fraction of sp³-hybridized carbons (Fsp3) is 0.200. The monoisotopic (exact) mass is 354 g/mol. The van der Waals surface area contributed by atoms with Gasteiger partial charge in [-0.2, -0.15) is 0 Å². The van der Waals surface area contributed by atoms with E-state index in [-0.39, 0.29) is 0 Å². The molecular weight excluding hydrogens is 336 g/mol. The zero-order valence-corrected chi connectivity index (χ0v) is 14.6. The summed E-state index contributed by atoms with van der Waals surface area (Å²) in [6.45, 7) is 1.58. The second-order valence-electron chi connectivity index (χ2n) is 5.66. The van der Waals surface area contributed by atoms with Crippen molar-refractivity contribution in [2.24, 2.45) is 0 Å². The summed E-state index contributed by atoms with van der Waals surface area (Å²) in [7, 11) is 2.88. The maximum absolute atomic E-state index is 12.4. The Morgan fingerprint density at radius 1 is 1.00 bits per heavy atom. The molecule has 0 aliphatic heterocycles. The Labute approximate surface area is 149 Å². The average Bonchev–Trinajstić information content (AvgIpc) is 2.66. The van der Waals surface area contributed by atoms with Gasteiger partial charge >= 0.3 is 11.6 Å². The van der Waals surface area contributed by atoms with Crippen molar-refractivity contribution in [3.05, 3.63) is 59.0 Å². The van der Waals surface area contributed by atoms with Crippen molar-refractivity contribution < 1.29 is 23.4 Å². The summed E-state index contributed by atoms with van der Waals surface area (Å²) in [5.74, 6) is 0.637. The van der Waals surface area contributed by atoms with Gasteiger partial charge in [-0.15, -0.1) is 0 Å². The van der Waals surface area contributed by atoms with Gasteiger partial charge in [-0.3, -0.25) is 0 Å². The molecule has 0 fully saturated rings. The van der Waals surface area contributed by atoms with Crippen molar-refractivity contribution in [2.45, 2.75) is 13.0 Å². The Kier molecular flexibility index (Phi) is 4.93. The SMILES string of the molecule is COC(=O)[C@@H](C)Oc1ccc2cc(-c3ccc(OC)cc3)c(=O)oc2c1. The van der Waals surface area contributed by atoms with Crippen LogP contribution in [-0.4, -0.2) is 26.3 Å². The maximum Gasteiger partial charge on any atom is 0.346 e. The van der Waals surface area contributed by atoms with Gasteiger partial charge in [0.1, 0.15) is 17.1 Å². The summed E-state index contributed by atoms with van der Waals surface area (Å²) >= 11 is 0. The molecule has 6 heteroatoms. The molecule has 2 aromatic carbocycles. The highest BCUT2D eigenvalue weighted by Crippen LogP contribution is 2.26. The topological polar surface area (TPSA) is 75.0 Å². The van der Waals surface area contributed by atoms with Crippen molar-refractivity contribution in [2.75, 3.05) is 14.2 Å². The molecule has 1 heterocycles. The maximum atomic E-state index is 12.4. The number of ether oxygens (including phenoxy) is 3. The first-order valence-corrected chi connectivity index (χ1v) is 7.98. The predicted molar refractivity (Wildman–Crippen MR) is 96.6 cm³/mol. The van der Waals surface area contributed by atoms with Crippen LogP contribution in [0.3, 0.4) is 0 Å². The first-order valence-electron chi connectivity index (χ1n) is 7.98. The van der Waals surface area contributed by atoms with Crippen molar-refractivity contribution in [1.82, 2.24) is 0 Å². The van der Waals surface area contributed by atoms with E-state index < -0.39 is 17.7 Å². The molecule has 1 atom stereocenters. The van der Waals surface area contributed by atoms with Crippen LogP contribution < -0.4 is 15.1 Å². The van der Waals surface area contributed by atoms with Gasteiger partial charge in [-0.05, 0) is 42.8 Å². The molecule has 0 unspecified atom stereocenters. The van der Waals surface area contributed by atoms with Crippen LogP contribution in [0.15, 0.2) is 57.7 Å². The van der Waals surface area contributed by atoms with Gasteiger partial charge in [0, 0.05) is 11.5 Å². The van der Waals surface area contributed by atoms with Gasteiger partial charge in [-0.1, -0.05) is 12.1 Å². The molecule has 0 radical (unpaired) electrons. The highest BCUT2D eigenvalue weighted by atomic mass is 16.6. The number of methoxy groups -OCH3 is 2. The molecule has 0 amide bonds. The molecule has 0 saturated heterocycles. The minimum Gasteiger partial charge on any atom is -0.497 e. The molecule has 0 aliphatic carbocycles. The van der Waals surface area contributed by atoms with Crippen molar-refractivity contribution >= 4 is 16.9 Å². The molecule has 6 nitrogen and oxygen atoms in total. The van der Waals surface area contributed by atoms with E-state index in [0.29, 0.717) is 22.6 Å². The number of hydrogen-bond donors (Lipinski definition) is 0. The van der Waals surface area contributed by atoms with E-state index in [1.54, 1.807) is 62.6 Å². The summed E-state index contributed by atoms with van der Waals surface area (Å²) in [6.07, 6.45) is -0.761. The summed E-state index contributed by atoms with van der Waals surface area (Å²) in [5.41, 5.74) is 1.11. The average molecular weight is 354 g/mol.